The van der Waals surface area contributed by atoms with Crippen LogP contribution in [0.2, 0.25) is 0 Å². The van der Waals surface area contributed by atoms with Gasteiger partial charge in [-0.05, 0) is 37.0 Å². The Morgan fingerprint density at radius 1 is 1.46 bits per heavy atom. The normalized spacial score (nSPS) is 17.9. The molecule has 2 aromatic rings. The minimum atomic E-state index is 0.116. The summed E-state index contributed by atoms with van der Waals surface area (Å²) in [5.41, 5.74) is 2.94. The van der Waals surface area contributed by atoms with Crippen LogP contribution in [0.25, 0.3) is 0 Å². The number of nitrogens with zero attached hydrogens (tertiary/aromatic N) is 2. The third-order valence-corrected chi connectivity index (χ3v) is 5.53. The zero-order chi connectivity index (χ0) is 16.9. The van der Waals surface area contributed by atoms with E-state index in [-0.39, 0.29) is 5.91 Å². The molecule has 1 saturated heterocycles. The second-order valence-corrected chi connectivity index (χ2v) is 7.14. The van der Waals surface area contributed by atoms with Crippen LogP contribution in [0.5, 0.6) is 0 Å². The maximum Gasteiger partial charge on any atom is 0.253 e. The van der Waals surface area contributed by atoms with E-state index in [2.05, 4.69) is 12.3 Å². The first-order chi connectivity index (χ1) is 11.7. The van der Waals surface area contributed by atoms with Crippen LogP contribution in [0, 0.1) is 0 Å². The number of aryl methyl sites for hydroxylation is 1. The number of aromatic nitrogens is 1. The average Bonchev–Trinajstić information content (AvgIpc) is 3.11. The minimum Gasteiger partial charge on any atom is -0.380 e. The van der Waals surface area contributed by atoms with Crippen molar-refractivity contribution in [3.63, 3.8) is 0 Å². The van der Waals surface area contributed by atoms with Crippen LogP contribution < -0.4 is 0 Å². The van der Waals surface area contributed by atoms with E-state index in [0.717, 1.165) is 49.2 Å². The smallest absolute Gasteiger partial charge is 0.253 e. The molecule has 0 radical (unpaired) electrons. The SMILES string of the molecule is CCc1csc([C@@H]2CCCN(C(=O)c3cccc(COC)c3)C2)n1. The number of methoxy groups -OCH3 is 1. The Bertz CT molecular complexity index is 698. The quantitative estimate of drug-likeness (QED) is 0.827. The van der Waals surface area contributed by atoms with Gasteiger partial charge >= 0.3 is 0 Å². The number of amides is 1. The van der Waals surface area contributed by atoms with Gasteiger partial charge < -0.3 is 9.64 Å². The second kappa shape index (κ2) is 7.90. The highest BCUT2D eigenvalue weighted by atomic mass is 32.1. The lowest BCUT2D eigenvalue weighted by Crippen LogP contribution is -2.39. The molecule has 1 aliphatic rings. The fourth-order valence-electron chi connectivity index (χ4n) is 3.18. The highest BCUT2D eigenvalue weighted by Gasteiger charge is 2.27. The van der Waals surface area contributed by atoms with Gasteiger partial charge in [-0.1, -0.05) is 19.1 Å². The molecule has 128 valence electrons. The van der Waals surface area contributed by atoms with E-state index in [1.54, 1.807) is 18.4 Å². The molecule has 0 N–H and O–H groups in total. The minimum absolute atomic E-state index is 0.116. The summed E-state index contributed by atoms with van der Waals surface area (Å²) in [6.07, 6.45) is 3.12. The van der Waals surface area contributed by atoms with Crippen molar-refractivity contribution in [2.75, 3.05) is 20.2 Å². The van der Waals surface area contributed by atoms with Crippen molar-refractivity contribution >= 4 is 17.2 Å². The summed E-state index contributed by atoms with van der Waals surface area (Å²) in [4.78, 5) is 19.6. The fourth-order valence-corrected chi connectivity index (χ4v) is 4.21. The Morgan fingerprint density at radius 2 is 2.33 bits per heavy atom. The summed E-state index contributed by atoms with van der Waals surface area (Å²) >= 11 is 1.73. The van der Waals surface area contributed by atoms with Crippen LogP contribution in [0.4, 0.5) is 0 Å². The molecule has 1 amide bonds. The zero-order valence-electron chi connectivity index (χ0n) is 14.3. The molecule has 1 aliphatic heterocycles. The molecule has 1 aromatic heterocycles. The topological polar surface area (TPSA) is 42.4 Å². The van der Waals surface area contributed by atoms with Crippen LogP contribution in [0.3, 0.4) is 0 Å². The molecule has 1 fully saturated rings. The van der Waals surface area contributed by atoms with E-state index >= 15 is 0 Å². The summed E-state index contributed by atoms with van der Waals surface area (Å²) in [7, 11) is 1.67. The molecule has 0 aliphatic carbocycles. The van der Waals surface area contributed by atoms with Crippen molar-refractivity contribution in [1.29, 1.82) is 0 Å². The standard InChI is InChI=1S/C19H24N2O2S/c1-3-17-13-24-18(20-17)16-8-5-9-21(11-16)19(22)15-7-4-6-14(10-15)12-23-2/h4,6-7,10,13,16H,3,5,8-9,11-12H2,1-2H3/t16-/m1/s1. The molecule has 4 nitrogen and oxygen atoms in total. The summed E-state index contributed by atoms with van der Waals surface area (Å²) < 4.78 is 5.16. The number of rotatable bonds is 5. The Morgan fingerprint density at radius 3 is 3.08 bits per heavy atom. The molecule has 24 heavy (non-hydrogen) atoms. The van der Waals surface area contributed by atoms with Gasteiger partial charge in [0.15, 0.2) is 0 Å². The molecule has 0 spiro atoms. The van der Waals surface area contributed by atoms with E-state index in [1.807, 2.05) is 29.2 Å². The highest BCUT2D eigenvalue weighted by Crippen LogP contribution is 2.30. The largest absolute Gasteiger partial charge is 0.380 e. The number of benzene rings is 1. The van der Waals surface area contributed by atoms with Crippen LogP contribution in [0.1, 0.15) is 52.3 Å². The Labute approximate surface area is 147 Å². The van der Waals surface area contributed by atoms with Gasteiger partial charge in [-0.15, -0.1) is 11.3 Å². The van der Waals surface area contributed by atoms with Crippen LogP contribution in [-0.2, 0) is 17.8 Å². The van der Waals surface area contributed by atoms with E-state index in [1.165, 1.54) is 5.01 Å². The van der Waals surface area contributed by atoms with Gasteiger partial charge in [-0.25, -0.2) is 4.98 Å². The number of thiazole rings is 1. The van der Waals surface area contributed by atoms with E-state index in [9.17, 15) is 4.79 Å². The molecule has 0 bridgehead atoms. The predicted octanol–water partition coefficient (Wildman–Crippen LogP) is 3.87. The van der Waals surface area contributed by atoms with E-state index in [4.69, 9.17) is 9.72 Å². The molecular formula is C19H24N2O2S. The lowest BCUT2D eigenvalue weighted by molar-refractivity contribution is 0.0706. The Hall–Kier alpha value is -1.72. The fraction of sp³-hybridized carbons (Fsp3) is 0.474. The monoisotopic (exact) mass is 344 g/mol. The Balaban J connectivity index is 1.71. The van der Waals surface area contributed by atoms with Crippen LogP contribution in [-0.4, -0.2) is 36.0 Å². The van der Waals surface area contributed by atoms with Crippen LogP contribution in [0.15, 0.2) is 29.6 Å². The van der Waals surface area contributed by atoms with Gasteiger partial charge in [0.1, 0.15) is 0 Å². The Kier molecular flexibility index (Phi) is 5.63. The number of hydrogen-bond acceptors (Lipinski definition) is 4. The van der Waals surface area contributed by atoms with Crippen molar-refractivity contribution in [3.8, 4) is 0 Å². The van der Waals surface area contributed by atoms with Crippen molar-refractivity contribution in [1.82, 2.24) is 9.88 Å². The van der Waals surface area contributed by atoms with Gasteiger partial charge in [0.05, 0.1) is 17.3 Å². The zero-order valence-corrected chi connectivity index (χ0v) is 15.1. The first-order valence-corrected chi connectivity index (χ1v) is 9.40. The molecule has 0 saturated carbocycles. The number of carbonyl (C=O) groups excluding carboxylic acids is 1. The molecule has 2 heterocycles. The average molecular weight is 344 g/mol. The second-order valence-electron chi connectivity index (χ2n) is 6.25. The number of ether oxygens (including phenoxy) is 1. The van der Waals surface area contributed by atoms with Gasteiger partial charge in [0.25, 0.3) is 5.91 Å². The third kappa shape index (κ3) is 3.84. The molecule has 1 atom stereocenters. The maximum absolute atomic E-state index is 12.9. The number of piperidine rings is 1. The molecule has 0 unspecified atom stereocenters. The van der Waals surface area contributed by atoms with Crippen molar-refractivity contribution in [3.05, 3.63) is 51.5 Å². The number of likely N-dealkylation sites (tertiary alicyclic amines) is 1. The first-order valence-electron chi connectivity index (χ1n) is 8.52. The first kappa shape index (κ1) is 17.1. The molecule has 1 aromatic carbocycles. The van der Waals surface area contributed by atoms with Gasteiger partial charge in [-0.2, -0.15) is 0 Å². The lowest BCUT2D eigenvalue weighted by atomic mass is 9.97. The van der Waals surface area contributed by atoms with Gasteiger partial charge in [0.2, 0.25) is 0 Å². The summed E-state index contributed by atoms with van der Waals surface area (Å²) in [5.74, 6) is 0.486. The van der Waals surface area contributed by atoms with E-state index < -0.39 is 0 Å². The number of hydrogen-bond donors (Lipinski definition) is 0. The third-order valence-electron chi connectivity index (χ3n) is 4.47. The molecule has 3 rings (SSSR count). The van der Waals surface area contributed by atoms with Crippen molar-refractivity contribution in [2.24, 2.45) is 0 Å². The highest BCUT2D eigenvalue weighted by molar-refractivity contribution is 7.09. The van der Waals surface area contributed by atoms with Gasteiger partial charge in [0, 0.05) is 37.1 Å². The van der Waals surface area contributed by atoms with Crippen LogP contribution >= 0.6 is 11.3 Å². The summed E-state index contributed by atoms with van der Waals surface area (Å²) in [6, 6.07) is 7.75. The maximum atomic E-state index is 12.9. The van der Waals surface area contributed by atoms with Crippen molar-refractivity contribution in [2.45, 2.75) is 38.7 Å². The predicted molar refractivity (Wildman–Crippen MR) is 96.5 cm³/mol. The molecule has 5 heteroatoms. The summed E-state index contributed by atoms with van der Waals surface area (Å²) in [6.45, 7) is 4.26. The summed E-state index contributed by atoms with van der Waals surface area (Å²) in [5, 5.41) is 3.32. The van der Waals surface area contributed by atoms with Crippen molar-refractivity contribution < 1.29 is 9.53 Å². The van der Waals surface area contributed by atoms with E-state index in [0.29, 0.717) is 12.5 Å². The molecular weight excluding hydrogens is 320 g/mol. The number of carbonyl (C=O) groups is 1. The lowest BCUT2D eigenvalue weighted by Gasteiger charge is -2.32. The van der Waals surface area contributed by atoms with Gasteiger partial charge in [-0.3, -0.25) is 4.79 Å².